The molecule has 86 valence electrons. The zero-order chi connectivity index (χ0) is 12.0. The summed E-state index contributed by atoms with van der Waals surface area (Å²) in [5.74, 6) is 0.646. The Kier molecular flexibility index (Phi) is 1.95. The van der Waals surface area contributed by atoms with Crippen molar-refractivity contribution >= 4 is 11.5 Å². The number of imidazole rings is 2. The van der Waals surface area contributed by atoms with Crippen LogP contribution in [0.4, 0.5) is 5.82 Å². The molecule has 3 rings (SSSR count). The van der Waals surface area contributed by atoms with E-state index in [0.29, 0.717) is 5.82 Å². The molecule has 5 nitrogen and oxygen atoms in total. The van der Waals surface area contributed by atoms with Crippen LogP contribution < -0.4 is 5.73 Å². The molecule has 0 aliphatic rings. The van der Waals surface area contributed by atoms with Crippen LogP contribution in [0.5, 0.6) is 0 Å². The van der Waals surface area contributed by atoms with Crippen LogP contribution in [0.3, 0.4) is 0 Å². The first kappa shape index (κ1) is 9.89. The fraction of sp³-hybridized carbons (Fsp3) is 0.167. The van der Waals surface area contributed by atoms with Gasteiger partial charge in [0.25, 0.3) is 0 Å². The number of hydrogen-bond acceptors (Lipinski definition) is 3. The Morgan fingerprint density at radius 3 is 2.82 bits per heavy atom. The highest BCUT2D eigenvalue weighted by atomic mass is 15.1. The predicted molar refractivity (Wildman–Crippen MR) is 66.5 cm³/mol. The predicted octanol–water partition coefficient (Wildman–Crippen LogP) is 1.63. The van der Waals surface area contributed by atoms with Gasteiger partial charge in [-0.05, 0) is 18.6 Å². The maximum Gasteiger partial charge on any atom is 0.139 e. The van der Waals surface area contributed by atoms with Gasteiger partial charge in [0, 0.05) is 13.2 Å². The molecule has 0 saturated heterocycles. The minimum Gasteiger partial charge on any atom is -0.383 e. The van der Waals surface area contributed by atoms with E-state index >= 15 is 0 Å². The lowest BCUT2D eigenvalue weighted by Crippen LogP contribution is -1.96. The largest absolute Gasteiger partial charge is 0.383 e. The third kappa shape index (κ3) is 1.39. The smallest absolute Gasteiger partial charge is 0.139 e. The number of aryl methyl sites for hydroxylation is 2. The van der Waals surface area contributed by atoms with Gasteiger partial charge in [-0.2, -0.15) is 0 Å². The summed E-state index contributed by atoms with van der Waals surface area (Å²) in [7, 11) is 1.93. The van der Waals surface area contributed by atoms with Gasteiger partial charge in [0.15, 0.2) is 0 Å². The van der Waals surface area contributed by atoms with Gasteiger partial charge in [0.05, 0.1) is 18.2 Å². The maximum absolute atomic E-state index is 6.13. The van der Waals surface area contributed by atoms with Crippen LogP contribution in [-0.2, 0) is 7.05 Å². The van der Waals surface area contributed by atoms with Crippen molar-refractivity contribution < 1.29 is 0 Å². The van der Waals surface area contributed by atoms with E-state index in [9.17, 15) is 0 Å². The second-order valence-electron chi connectivity index (χ2n) is 4.17. The molecule has 0 spiro atoms. The first-order valence-corrected chi connectivity index (χ1v) is 5.37. The van der Waals surface area contributed by atoms with E-state index in [1.54, 1.807) is 12.5 Å². The van der Waals surface area contributed by atoms with Gasteiger partial charge in [-0.1, -0.05) is 6.07 Å². The molecule has 0 atom stereocenters. The number of hydrogen-bond donors (Lipinski definition) is 1. The Morgan fingerprint density at radius 1 is 1.29 bits per heavy atom. The van der Waals surface area contributed by atoms with Crippen molar-refractivity contribution in [3.63, 3.8) is 0 Å². The molecule has 2 N–H and O–H groups in total. The lowest BCUT2D eigenvalue weighted by Gasteiger charge is -2.00. The summed E-state index contributed by atoms with van der Waals surface area (Å²) in [6.45, 7) is 2.03. The molecule has 3 heterocycles. The Balaban J connectivity index is 2.32. The molecule has 0 aliphatic heterocycles. The highest BCUT2D eigenvalue weighted by Gasteiger charge is 2.13. The minimum atomic E-state index is 0.646. The van der Waals surface area contributed by atoms with Gasteiger partial charge in [-0.15, -0.1) is 0 Å². The summed E-state index contributed by atoms with van der Waals surface area (Å²) in [4.78, 5) is 8.62. The first-order chi connectivity index (χ1) is 8.16. The third-order valence-corrected chi connectivity index (χ3v) is 2.86. The zero-order valence-electron chi connectivity index (χ0n) is 9.75. The summed E-state index contributed by atoms with van der Waals surface area (Å²) < 4.78 is 3.81. The molecule has 0 amide bonds. The Labute approximate surface area is 98.5 Å². The van der Waals surface area contributed by atoms with E-state index in [2.05, 4.69) is 9.97 Å². The van der Waals surface area contributed by atoms with Crippen LogP contribution >= 0.6 is 0 Å². The van der Waals surface area contributed by atoms with Crippen LogP contribution in [-0.4, -0.2) is 18.9 Å². The molecule has 0 aromatic carbocycles. The van der Waals surface area contributed by atoms with Gasteiger partial charge in [0.1, 0.15) is 17.2 Å². The van der Waals surface area contributed by atoms with E-state index < -0.39 is 0 Å². The van der Waals surface area contributed by atoms with E-state index in [1.807, 2.05) is 41.3 Å². The quantitative estimate of drug-likeness (QED) is 0.687. The molecule has 0 unspecified atom stereocenters. The molecule has 0 fully saturated rings. The zero-order valence-corrected chi connectivity index (χ0v) is 9.75. The summed E-state index contributed by atoms with van der Waals surface area (Å²) in [6, 6.07) is 3.99. The fourth-order valence-corrected chi connectivity index (χ4v) is 1.94. The van der Waals surface area contributed by atoms with Crippen LogP contribution in [0.25, 0.3) is 17.0 Å². The molecule has 3 aromatic heterocycles. The molecule has 3 aromatic rings. The van der Waals surface area contributed by atoms with Gasteiger partial charge in [0.2, 0.25) is 0 Å². The average Bonchev–Trinajstić information content (AvgIpc) is 2.84. The second kappa shape index (κ2) is 3.35. The van der Waals surface area contributed by atoms with Crippen molar-refractivity contribution in [3.8, 4) is 11.4 Å². The number of nitrogen functional groups attached to an aromatic ring is 1. The number of nitrogens with zero attached hydrogens (tertiary/aromatic N) is 4. The topological polar surface area (TPSA) is 61.1 Å². The van der Waals surface area contributed by atoms with Crippen LogP contribution in [0, 0.1) is 6.92 Å². The van der Waals surface area contributed by atoms with Crippen molar-refractivity contribution in [3.05, 3.63) is 36.4 Å². The molecule has 5 heteroatoms. The van der Waals surface area contributed by atoms with Gasteiger partial charge in [-0.25, -0.2) is 9.97 Å². The second-order valence-corrected chi connectivity index (χ2v) is 4.17. The van der Waals surface area contributed by atoms with Crippen LogP contribution in [0.2, 0.25) is 0 Å². The number of pyridine rings is 1. The Hall–Kier alpha value is -2.30. The van der Waals surface area contributed by atoms with E-state index in [1.165, 1.54) is 0 Å². The van der Waals surface area contributed by atoms with E-state index in [0.717, 1.165) is 22.6 Å². The number of nitrogens with two attached hydrogens (primary N) is 1. The SMILES string of the molecule is Cc1ccc2nc(-c3cncn3C)c(N)n2c1. The number of fused-ring (bicyclic) bond motifs is 1. The van der Waals surface area contributed by atoms with Crippen LogP contribution in [0.1, 0.15) is 5.56 Å². The molecular weight excluding hydrogens is 214 g/mol. The Morgan fingerprint density at radius 2 is 2.12 bits per heavy atom. The normalized spacial score (nSPS) is 11.2. The number of aromatic nitrogens is 4. The summed E-state index contributed by atoms with van der Waals surface area (Å²) >= 11 is 0. The van der Waals surface area contributed by atoms with Crippen molar-refractivity contribution in [2.24, 2.45) is 7.05 Å². The van der Waals surface area contributed by atoms with E-state index in [-0.39, 0.29) is 0 Å². The van der Waals surface area contributed by atoms with Crippen molar-refractivity contribution in [2.45, 2.75) is 6.92 Å². The first-order valence-electron chi connectivity index (χ1n) is 5.37. The summed E-state index contributed by atoms with van der Waals surface area (Å²) in [6.07, 6.45) is 5.49. The standard InChI is InChI=1S/C12H13N5/c1-8-3-4-10-15-11(12(13)17(10)6-8)9-5-14-7-16(9)2/h3-7H,13H2,1-2H3. The lowest BCUT2D eigenvalue weighted by molar-refractivity contribution is 0.918. The van der Waals surface area contributed by atoms with Crippen LogP contribution in [0.15, 0.2) is 30.9 Å². The minimum absolute atomic E-state index is 0.646. The highest BCUT2D eigenvalue weighted by molar-refractivity contribution is 5.72. The summed E-state index contributed by atoms with van der Waals surface area (Å²) in [5, 5.41) is 0. The molecule has 17 heavy (non-hydrogen) atoms. The molecule has 0 saturated carbocycles. The maximum atomic E-state index is 6.13. The summed E-state index contributed by atoms with van der Waals surface area (Å²) in [5.41, 5.74) is 9.82. The molecule has 0 bridgehead atoms. The third-order valence-electron chi connectivity index (χ3n) is 2.86. The van der Waals surface area contributed by atoms with Gasteiger partial charge in [-0.3, -0.25) is 4.40 Å². The molecular formula is C12H13N5. The van der Waals surface area contributed by atoms with Crippen molar-refractivity contribution in [1.29, 1.82) is 0 Å². The average molecular weight is 227 g/mol. The van der Waals surface area contributed by atoms with Crippen molar-refractivity contribution in [2.75, 3.05) is 5.73 Å². The molecule has 0 radical (unpaired) electrons. The Bertz CT molecular complexity index is 692. The fourth-order valence-electron chi connectivity index (χ4n) is 1.94. The van der Waals surface area contributed by atoms with Gasteiger partial charge < -0.3 is 10.3 Å². The van der Waals surface area contributed by atoms with E-state index in [4.69, 9.17) is 5.73 Å². The van der Waals surface area contributed by atoms with Gasteiger partial charge >= 0.3 is 0 Å². The lowest BCUT2D eigenvalue weighted by atomic mass is 10.3. The number of anilines is 1. The number of rotatable bonds is 1. The highest BCUT2D eigenvalue weighted by Crippen LogP contribution is 2.25. The monoisotopic (exact) mass is 227 g/mol. The molecule has 0 aliphatic carbocycles. The van der Waals surface area contributed by atoms with Crippen molar-refractivity contribution in [1.82, 2.24) is 18.9 Å².